The Kier molecular flexibility index (Phi) is 11.8. The van der Waals surface area contributed by atoms with Crippen molar-refractivity contribution in [2.75, 3.05) is 0 Å². The minimum Gasteiger partial charge on any atom is -0.0656 e. The summed E-state index contributed by atoms with van der Waals surface area (Å²) in [7, 11) is 0. The Morgan fingerprint density at radius 3 is 1.42 bits per heavy atom. The Morgan fingerprint density at radius 1 is 0.684 bits per heavy atom. The Bertz CT molecular complexity index is 375. The van der Waals surface area contributed by atoms with Gasteiger partial charge in [-0.3, -0.25) is 0 Å². The van der Waals surface area contributed by atoms with Crippen LogP contribution >= 0.6 is 0 Å². The molecule has 0 radical (unpaired) electrons. The van der Waals surface area contributed by atoms with Gasteiger partial charge in [-0.1, -0.05) is 99.8 Å². The number of benzene rings is 2. The van der Waals surface area contributed by atoms with Crippen molar-refractivity contribution < 1.29 is 0 Å². The molecule has 0 N–H and O–H groups in total. The van der Waals surface area contributed by atoms with Gasteiger partial charge in [0.25, 0.3) is 0 Å². The van der Waals surface area contributed by atoms with Gasteiger partial charge in [-0.05, 0) is 18.9 Å². The molecule has 0 amide bonds. The monoisotopic (exact) mass is 256 g/mol. The van der Waals surface area contributed by atoms with Crippen molar-refractivity contribution in [2.45, 2.75) is 47.0 Å². The fourth-order valence-corrected chi connectivity index (χ4v) is 1.47. The Labute approximate surface area is 119 Å². The van der Waals surface area contributed by atoms with Crippen LogP contribution in [-0.2, 0) is 6.42 Å². The second kappa shape index (κ2) is 12.9. The molecule has 0 unspecified atom stereocenters. The first-order valence-electron chi connectivity index (χ1n) is 7.30. The smallest absolute Gasteiger partial charge is 0.0281 e. The molecule has 0 spiro atoms. The number of hydrogen-bond acceptors (Lipinski definition) is 0. The average molecular weight is 256 g/mol. The maximum absolute atomic E-state index is 2.20. The predicted molar refractivity (Wildman–Crippen MR) is 87.6 cm³/mol. The Hall–Kier alpha value is -1.56. The molecule has 0 saturated heterocycles. The van der Waals surface area contributed by atoms with E-state index in [0.717, 1.165) is 0 Å². The van der Waals surface area contributed by atoms with Crippen LogP contribution in [0.25, 0.3) is 0 Å². The molecule has 0 aliphatic rings. The molecule has 0 fully saturated rings. The maximum atomic E-state index is 2.20. The summed E-state index contributed by atoms with van der Waals surface area (Å²) in [6.07, 6.45) is 3.70. The Balaban J connectivity index is 0.000000289. The summed E-state index contributed by atoms with van der Waals surface area (Å²) >= 11 is 0. The van der Waals surface area contributed by atoms with Crippen LogP contribution in [0.4, 0.5) is 0 Å². The molecule has 0 saturated carbocycles. The normalized spacial score (nSPS) is 8.63. The molecule has 104 valence electrons. The van der Waals surface area contributed by atoms with E-state index in [2.05, 4.69) is 70.2 Å². The largest absolute Gasteiger partial charge is 0.0656 e. The summed E-state index contributed by atoms with van der Waals surface area (Å²) < 4.78 is 0. The van der Waals surface area contributed by atoms with E-state index in [4.69, 9.17) is 0 Å². The third-order valence-corrected chi connectivity index (χ3v) is 2.32. The van der Waals surface area contributed by atoms with Gasteiger partial charge in [-0.15, -0.1) is 0 Å². The lowest BCUT2D eigenvalue weighted by molar-refractivity contribution is 0.922. The minimum atomic E-state index is 1.21. The van der Waals surface area contributed by atoms with Crippen molar-refractivity contribution in [3.05, 3.63) is 71.8 Å². The third kappa shape index (κ3) is 11.3. The van der Waals surface area contributed by atoms with Gasteiger partial charge in [-0.25, -0.2) is 0 Å². The second-order valence-electron chi connectivity index (χ2n) is 4.60. The molecule has 2 aromatic carbocycles. The van der Waals surface area contributed by atoms with Crippen molar-refractivity contribution in [2.24, 2.45) is 0 Å². The lowest BCUT2D eigenvalue weighted by Gasteiger charge is -1.93. The van der Waals surface area contributed by atoms with Crippen LogP contribution < -0.4 is 0 Å². The van der Waals surface area contributed by atoms with Gasteiger partial charge in [0.1, 0.15) is 0 Å². The summed E-state index contributed by atoms with van der Waals surface area (Å²) in [6, 6.07) is 20.8. The SMILES string of the molecule is CCC.CCCc1ccccc1.Cc1ccccc1. The van der Waals surface area contributed by atoms with Crippen molar-refractivity contribution in [3.8, 4) is 0 Å². The number of rotatable bonds is 2. The highest BCUT2D eigenvalue weighted by atomic mass is 13.9. The summed E-state index contributed by atoms with van der Waals surface area (Å²) in [5, 5.41) is 0. The summed E-state index contributed by atoms with van der Waals surface area (Å²) in [5.74, 6) is 0. The first-order chi connectivity index (χ1) is 9.24. The molecular formula is C19H28. The second-order valence-corrected chi connectivity index (χ2v) is 4.60. The molecule has 0 nitrogen and oxygen atoms in total. The van der Waals surface area contributed by atoms with E-state index in [0.29, 0.717) is 0 Å². The zero-order chi connectivity index (χ0) is 14.3. The van der Waals surface area contributed by atoms with Gasteiger partial charge < -0.3 is 0 Å². The van der Waals surface area contributed by atoms with Crippen molar-refractivity contribution in [1.29, 1.82) is 0 Å². The first-order valence-corrected chi connectivity index (χ1v) is 7.30. The molecule has 2 aromatic rings. The van der Waals surface area contributed by atoms with Crippen LogP contribution in [-0.4, -0.2) is 0 Å². The minimum absolute atomic E-state index is 1.21. The highest BCUT2D eigenvalue weighted by Gasteiger charge is 1.84. The lowest BCUT2D eigenvalue weighted by Crippen LogP contribution is -1.78. The van der Waals surface area contributed by atoms with Crippen molar-refractivity contribution in [3.63, 3.8) is 0 Å². The quantitative estimate of drug-likeness (QED) is 0.613. The van der Waals surface area contributed by atoms with Crippen LogP contribution in [0.1, 0.15) is 44.7 Å². The maximum Gasteiger partial charge on any atom is -0.0281 e. The zero-order valence-electron chi connectivity index (χ0n) is 12.9. The Morgan fingerprint density at radius 2 is 1.11 bits per heavy atom. The van der Waals surface area contributed by atoms with E-state index in [-0.39, 0.29) is 0 Å². The topological polar surface area (TPSA) is 0 Å². The molecule has 0 aromatic heterocycles. The van der Waals surface area contributed by atoms with Crippen molar-refractivity contribution >= 4 is 0 Å². The van der Waals surface area contributed by atoms with E-state index < -0.39 is 0 Å². The van der Waals surface area contributed by atoms with Crippen LogP contribution in [0.2, 0.25) is 0 Å². The molecule has 0 aliphatic heterocycles. The zero-order valence-corrected chi connectivity index (χ0v) is 12.9. The van der Waals surface area contributed by atoms with Crippen LogP contribution in [0.15, 0.2) is 60.7 Å². The molecule has 2 rings (SSSR count). The molecule has 19 heavy (non-hydrogen) atoms. The van der Waals surface area contributed by atoms with Crippen LogP contribution in [0, 0.1) is 6.92 Å². The van der Waals surface area contributed by atoms with Gasteiger partial charge in [0.05, 0.1) is 0 Å². The molecule has 0 heterocycles. The van der Waals surface area contributed by atoms with Crippen LogP contribution in [0.5, 0.6) is 0 Å². The highest BCUT2D eigenvalue weighted by Crippen LogP contribution is 2.00. The third-order valence-electron chi connectivity index (χ3n) is 2.32. The van der Waals surface area contributed by atoms with Crippen LogP contribution in [0.3, 0.4) is 0 Å². The van der Waals surface area contributed by atoms with E-state index in [1.165, 1.54) is 30.4 Å². The molecule has 0 atom stereocenters. The van der Waals surface area contributed by atoms with Crippen molar-refractivity contribution in [1.82, 2.24) is 0 Å². The fourth-order valence-electron chi connectivity index (χ4n) is 1.47. The number of hydrogen-bond donors (Lipinski definition) is 0. The van der Waals surface area contributed by atoms with E-state index >= 15 is 0 Å². The van der Waals surface area contributed by atoms with Gasteiger partial charge in [-0.2, -0.15) is 0 Å². The van der Waals surface area contributed by atoms with Gasteiger partial charge in [0.15, 0.2) is 0 Å². The number of aryl methyl sites for hydroxylation is 2. The fraction of sp³-hybridized carbons (Fsp3) is 0.368. The predicted octanol–water partition coefficient (Wildman–Crippen LogP) is 6.05. The summed E-state index contributed by atoms with van der Waals surface area (Å²) in [5.41, 5.74) is 2.77. The van der Waals surface area contributed by atoms with E-state index in [9.17, 15) is 0 Å². The highest BCUT2D eigenvalue weighted by molar-refractivity contribution is 5.14. The average Bonchev–Trinajstić information content (AvgIpc) is 2.43. The van der Waals surface area contributed by atoms with E-state index in [1.807, 2.05) is 18.2 Å². The van der Waals surface area contributed by atoms with E-state index in [1.54, 1.807) is 0 Å². The molecular weight excluding hydrogens is 228 g/mol. The molecule has 0 heteroatoms. The molecule has 0 bridgehead atoms. The summed E-state index contributed by atoms with van der Waals surface area (Å²) in [4.78, 5) is 0. The standard InChI is InChI=1S/C9H12.C7H8.C3H8/c1-2-6-9-7-4-3-5-8-9;1-7-5-3-2-4-6-7;1-3-2/h3-5,7-8H,2,6H2,1H3;2-6H,1H3;3H2,1-2H3. The summed E-state index contributed by atoms with van der Waals surface area (Å²) in [6.45, 7) is 8.53. The molecule has 0 aliphatic carbocycles. The lowest BCUT2D eigenvalue weighted by atomic mass is 10.1. The van der Waals surface area contributed by atoms with Gasteiger partial charge >= 0.3 is 0 Å². The first kappa shape index (κ1) is 17.4. The van der Waals surface area contributed by atoms with Gasteiger partial charge in [0.2, 0.25) is 0 Å². The van der Waals surface area contributed by atoms with Gasteiger partial charge in [0, 0.05) is 0 Å².